The van der Waals surface area contributed by atoms with E-state index in [-0.39, 0.29) is 6.10 Å². The lowest BCUT2D eigenvalue weighted by Crippen LogP contribution is -2.51. The number of aromatic nitrogens is 3. The highest BCUT2D eigenvalue weighted by molar-refractivity contribution is 5.38. The van der Waals surface area contributed by atoms with E-state index in [1.165, 1.54) is 0 Å². The van der Waals surface area contributed by atoms with Gasteiger partial charge in [-0.3, -0.25) is 9.97 Å². The predicted molar refractivity (Wildman–Crippen MR) is 89.5 cm³/mol. The molecule has 1 saturated carbocycles. The first-order chi connectivity index (χ1) is 11.9. The average molecular weight is 326 g/mol. The van der Waals surface area contributed by atoms with Crippen molar-refractivity contribution in [3.63, 3.8) is 0 Å². The van der Waals surface area contributed by atoms with Crippen LogP contribution >= 0.6 is 0 Å². The molecule has 3 heterocycles. The molecule has 0 amide bonds. The Balaban J connectivity index is 1.36. The predicted octanol–water partition coefficient (Wildman–Crippen LogP) is 2.07. The summed E-state index contributed by atoms with van der Waals surface area (Å²) in [6, 6.07) is 4.35. The number of morpholine rings is 1. The van der Waals surface area contributed by atoms with Gasteiger partial charge in [-0.2, -0.15) is 0 Å². The molecule has 0 N–H and O–H groups in total. The molecule has 0 bridgehead atoms. The summed E-state index contributed by atoms with van der Waals surface area (Å²) in [5, 5.41) is 0. The molecule has 6 heteroatoms. The molecule has 0 spiro atoms. The molecule has 1 aliphatic carbocycles. The van der Waals surface area contributed by atoms with Gasteiger partial charge in [-0.25, -0.2) is 4.98 Å². The second-order valence-electron chi connectivity index (χ2n) is 6.37. The molecule has 3 atom stereocenters. The van der Waals surface area contributed by atoms with E-state index in [2.05, 4.69) is 19.9 Å². The van der Waals surface area contributed by atoms with Crippen molar-refractivity contribution in [1.82, 2.24) is 15.0 Å². The number of ether oxygens (including phenoxy) is 2. The van der Waals surface area contributed by atoms with Crippen LogP contribution in [-0.2, 0) is 16.1 Å². The van der Waals surface area contributed by atoms with E-state index < -0.39 is 0 Å². The van der Waals surface area contributed by atoms with Gasteiger partial charge in [0.05, 0.1) is 38.2 Å². The van der Waals surface area contributed by atoms with Crippen molar-refractivity contribution in [2.45, 2.75) is 31.6 Å². The van der Waals surface area contributed by atoms with Crippen LogP contribution in [0.1, 0.15) is 18.4 Å². The third-order valence-electron chi connectivity index (χ3n) is 4.89. The highest BCUT2D eigenvalue weighted by Gasteiger charge is 2.43. The van der Waals surface area contributed by atoms with E-state index >= 15 is 0 Å². The zero-order chi connectivity index (χ0) is 16.2. The van der Waals surface area contributed by atoms with Crippen LogP contribution in [0.4, 0.5) is 5.82 Å². The van der Waals surface area contributed by atoms with Crippen LogP contribution in [0, 0.1) is 5.92 Å². The molecule has 2 aliphatic rings. The number of hydrogen-bond acceptors (Lipinski definition) is 6. The van der Waals surface area contributed by atoms with E-state index in [1.54, 1.807) is 18.6 Å². The van der Waals surface area contributed by atoms with Crippen LogP contribution in [0.5, 0.6) is 0 Å². The van der Waals surface area contributed by atoms with Gasteiger partial charge in [0, 0.05) is 37.3 Å². The first-order valence-electron chi connectivity index (χ1n) is 8.53. The maximum atomic E-state index is 6.09. The first kappa shape index (κ1) is 15.5. The molecule has 2 aromatic rings. The Bertz CT molecular complexity index is 640. The van der Waals surface area contributed by atoms with Crippen LogP contribution in [0.15, 0.2) is 43.1 Å². The average Bonchev–Trinajstić information content (AvgIpc) is 3.07. The van der Waals surface area contributed by atoms with E-state index in [4.69, 9.17) is 9.47 Å². The lowest BCUT2D eigenvalue weighted by molar-refractivity contribution is -0.0309. The van der Waals surface area contributed by atoms with Crippen LogP contribution in [0.3, 0.4) is 0 Å². The Morgan fingerprint density at radius 1 is 1.17 bits per heavy atom. The molecule has 2 fully saturated rings. The lowest BCUT2D eigenvalue weighted by Gasteiger charge is -2.39. The summed E-state index contributed by atoms with van der Waals surface area (Å²) in [6.45, 7) is 2.94. The van der Waals surface area contributed by atoms with Crippen molar-refractivity contribution in [2.75, 3.05) is 24.7 Å². The second-order valence-corrected chi connectivity index (χ2v) is 6.37. The van der Waals surface area contributed by atoms with Gasteiger partial charge in [-0.1, -0.05) is 6.07 Å². The van der Waals surface area contributed by atoms with Crippen molar-refractivity contribution < 1.29 is 9.47 Å². The van der Waals surface area contributed by atoms with Gasteiger partial charge >= 0.3 is 0 Å². The van der Waals surface area contributed by atoms with Gasteiger partial charge in [-0.05, 0) is 24.5 Å². The van der Waals surface area contributed by atoms with E-state index in [0.29, 0.717) is 18.6 Å². The van der Waals surface area contributed by atoms with Crippen molar-refractivity contribution in [1.29, 1.82) is 0 Å². The third kappa shape index (κ3) is 3.25. The molecule has 6 nitrogen and oxygen atoms in total. The Kier molecular flexibility index (Phi) is 4.66. The quantitative estimate of drug-likeness (QED) is 0.838. The minimum absolute atomic E-state index is 0.217. The molecule has 4 rings (SSSR count). The highest BCUT2D eigenvalue weighted by Crippen LogP contribution is 2.36. The lowest BCUT2D eigenvalue weighted by atomic mass is 10.0. The summed E-state index contributed by atoms with van der Waals surface area (Å²) in [4.78, 5) is 15.1. The third-order valence-corrected chi connectivity index (χ3v) is 4.89. The molecule has 0 unspecified atom stereocenters. The summed E-state index contributed by atoms with van der Waals surface area (Å²) >= 11 is 0. The maximum absolute atomic E-state index is 6.09. The monoisotopic (exact) mass is 326 g/mol. The summed E-state index contributed by atoms with van der Waals surface area (Å²) in [5.41, 5.74) is 1.11. The van der Waals surface area contributed by atoms with Crippen LogP contribution < -0.4 is 4.90 Å². The molecule has 24 heavy (non-hydrogen) atoms. The SMILES string of the molecule is c1cncc(COC[C@@H]2CC[C@H]3[C@H]2OCCN3c2cnccn2)c1. The molecule has 1 saturated heterocycles. The fourth-order valence-corrected chi connectivity index (χ4v) is 3.77. The summed E-state index contributed by atoms with van der Waals surface area (Å²) < 4.78 is 12.0. The minimum Gasteiger partial charge on any atom is -0.376 e. The normalized spacial score (nSPS) is 26.3. The van der Waals surface area contributed by atoms with Gasteiger partial charge in [0.1, 0.15) is 5.82 Å². The fourth-order valence-electron chi connectivity index (χ4n) is 3.77. The van der Waals surface area contributed by atoms with E-state index in [9.17, 15) is 0 Å². The maximum Gasteiger partial charge on any atom is 0.147 e. The van der Waals surface area contributed by atoms with Gasteiger partial charge in [0.2, 0.25) is 0 Å². The van der Waals surface area contributed by atoms with Crippen molar-refractivity contribution in [3.8, 4) is 0 Å². The molecule has 1 aliphatic heterocycles. The van der Waals surface area contributed by atoms with Gasteiger partial charge in [0.15, 0.2) is 0 Å². The zero-order valence-electron chi connectivity index (χ0n) is 13.6. The number of fused-ring (bicyclic) bond motifs is 1. The van der Waals surface area contributed by atoms with Crippen molar-refractivity contribution in [2.24, 2.45) is 5.92 Å². The van der Waals surface area contributed by atoms with Gasteiger partial charge in [-0.15, -0.1) is 0 Å². The van der Waals surface area contributed by atoms with Crippen molar-refractivity contribution >= 4 is 5.82 Å². The number of anilines is 1. The van der Waals surface area contributed by atoms with Crippen molar-refractivity contribution in [3.05, 3.63) is 48.7 Å². The number of pyridine rings is 1. The largest absolute Gasteiger partial charge is 0.376 e. The molecular formula is C18H22N4O2. The fraction of sp³-hybridized carbons (Fsp3) is 0.500. The Morgan fingerprint density at radius 3 is 2.96 bits per heavy atom. The summed E-state index contributed by atoms with van der Waals surface area (Å²) in [5.74, 6) is 1.39. The second kappa shape index (κ2) is 7.23. The Hall–Kier alpha value is -2.05. The highest BCUT2D eigenvalue weighted by atomic mass is 16.5. The van der Waals surface area contributed by atoms with Crippen LogP contribution in [0.2, 0.25) is 0 Å². The Labute approximate surface area is 141 Å². The zero-order valence-corrected chi connectivity index (χ0v) is 13.6. The number of nitrogens with zero attached hydrogens (tertiary/aromatic N) is 4. The molecular weight excluding hydrogens is 304 g/mol. The number of hydrogen-bond donors (Lipinski definition) is 0. The van der Waals surface area contributed by atoms with Gasteiger partial charge in [0.25, 0.3) is 0 Å². The molecule has 2 aromatic heterocycles. The smallest absolute Gasteiger partial charge is 0.147 e. The van der Waals surface area contributed by atoms with Crippen LogP contribution in [-0.4, -0.2) is 46.9 Å². The van der Waals surface area contributed by atoms with E-state index in [1.807, 2.05) is 24.5 Å². The summed E-state index contributed by atoms with van der Waals surface area (Å²) in [7, 11) is 0. The molecule has 0 aromatic carbocycles. The van der Waals surface area contributed by atoms with Crippen LogP contribution in [0.25, 0.3) is 0 Å². The number of rotatable bonds is 5. The molecule has 0 radical (unpaired) electrons. The minimum atomic E-state index is 0.217. The summed E-state index contributed by atoms with van der Waals surface area (Å²) in [6.07, 6.45) is 11.4. The molecule has 126 valence electrons. The Morgan fingerprint density at radius 2 is 2.12 bits per heavy atom. The van der Waals surface area contributed by atoms with E-state index in [0.717, 1.165) is 44.0 Å². The van der Waals surface area contributed by atoms with Gasteiger partial charge < -0.3 is 14.4 Å². The standard InChI is InChI=1S/C18H22N4O2/c1-2-14(10-19-5-1)12-23-13-15-3-4-16-18(15)24-9-8-22(16)17-11-20-6-7-21-17/h1-2,5-7,10-11,15-16,18H,3-4,8-9,12-13H2/t15-,16-,18-/m0/s1. The topological polar surface area (TPSA) is 60.4 Å². The first-order valence-corrected chi connectivity index (χ1v) is 8.53.